The van der Waals surface area contributed by atoms with Gasteiger partial charge in [0, 0.05) is 17.2 Å². The van der Waals surface area contributed by atoms with Crippen molar-refractivity contribution in [1.82, 2.24) is 15.4 Å². The molecule has 1 atom stereocenters. The summed E-state index contributed by atoms with van der Waals surface area (Å²) in [6.45, 7) is 0. The molecule has 23 heavy (non-hydrogen) atoms. The first-order valence-corrected chi connectivity index (χ1v) is 7.07. The second-order valence-electron chi connectivity index (χ2n) is 5.26. The molecule has 0 saturated heterocycles. The smallest absolute Gasteiger partial charge is 0.170 e. The van der Waals surface area contributed by atoms with Crippen LogP contribution in [0.4, 0.5) is 0 Å². The van der Waals surface area contributed by atoms with Gasteiger partial charge in [0.2, 0.25) is 0 Å². The van der Waals surface area contributed by atoms with Crippen LogP contribution >= 0.6 is 0 Å². The Labute approximate surface area is 131 Å². The van der Waals surface area contributed by atoms with Crippen molar-refractivity contribution >= 4 is 11.6 Å². The van der Waals surface area contributed by atoms with Crippen molar-refractivity contribution in [3.8, 4) is 17.2 Å². The van der Waals surface area contributed by atoms with E-state index >= 15 is 0 Å². The van der Waals surface area contributed by atoms with Crippen LogP contribution in [0.15, 0.2) is 48.7 Å². The summed E-state index contributed by atoms with van der Waals surface area (Å²) in [5.41, 5.74) is 3.32. The Morgan fingerprint density at radius 2 is 1.78 bits per heavy atom. The molecule has 0 saturated carbocycles. The largest absolute Gasteiger partial charge is 0.508 e. The summed E-state index contributed by atoms with van der Waals surface area (Å²) in [7, 11) is 0. The van der Waals surface area contributed by atoms with Gasteiger partial charge in [-0.05, 0) is 35.9 Å². The molecule has 1 aliphatic rings. The molecule has 3 aromatic rings. The zero-order chi connectivity index (χ0) is 15.8. The van der Waals surface area contributed by atoms with E-state index in [4.69, 9.17) is 4.74 Å². The minimum atomic E-state index is -0.451. The van der Waals surface area contributed by atoms with Crippen LogP contribution in [-0.2, 0) is 0 Å². The summed E-state index contributed by atoms with van der Waals surface area (Å²) >= 11 is 0. The van der Waals surface area contributed by atoms with Gasteiger partial charge < -0.3 is 14.9 Å². The zero-order valence-corrected chi connectivity index (χ0v) is 12.0. The van der Waals surface area contributed by atoms with Crippen molar-refractivity contribution < 1.29 is 14.9 Å². The van der Waals surface area contributed by atoms with Crippen molar-refractivity contribution in [2.24, 2.45) is 0 Å². The highest BCUT2D eigenvalue weighted by atomic mass is 16.5. The van der Waals surface area contributed by atoms with E-state index in [0.29, 0.717) is 11.4 Å². The Morgan fingerprint density at radius 1 is 1.00 bits per heavy atom. The number of phenols is 2. The molecule has 114 valence electrons. The molecule has 3 N–H and O–H groups in total. The second kappa shape index (κ2) is 5.17. The van der Waals surface area contributed by atoms with Crippen LogP contribution in [0, 0.1) is 0 Å². The summed E-state index contributed by atoms with van der Waals surface area (Å²) < 4.78 is 6.04. The molecular weight excluding hydrogens is 294 g/mol. The zero-order valence-electron chi connectivity index (χ0n) is 12.0. The van der Waals surface area contributed by atoms with E-state index in [9.17, 15) is 10.2 Å². The molecule has 0 radical (unpaired) electrons. The van der Waals surface area contributed by atoms with Crippen LogP contribution in [0.5, 0.6) is 17.2 Å². The standard InChI is InChI=1S/C17H13N3O3/c21-12-4-1-10(2-5-12)14-7-11-3-6-13(22)8-16(11)23-17(14)15-9-18-20-19-15/h1-9,17,21-22H,(H,18,19,20). The van der Waals surface area contributed by atoms with Crippen molar-refractivity contribution in [2.75, 3.05) is 0 Å². The van der Waals surface area contributed by atoms with E-state index in [2.05, 4.69) is 15.4 Å². The Balaban J connectivity index is 1.86. The minimum Gasteiger partial charge on any atom is -0.508 e. The summed E-state index contributed by atoms with van der Waals surface area (Å²) in [5.74, 6) is 0.930. The molecule has 0 bridgehead atoms. The number of aromatic hydroxyl groups is 2. The monoisotopic (exact) mass is 307 g/mol. The van der Waals surface area contributed by atoms with E-state index < -0.39 is 6.10 Å². The van der Waals surface area contributed by atoms with Gasteiger partial charge in [-0.1, -0.05) is 12.1 Å². The number of hydrogen-bond donors (Lipinski definition) is 3. The molecule has 1 aliphatic heterocycles. The van der Waals surface area contributed by atoms with Gasteiger partial charge in [0.25, 0.3) is 0 Å². The highest BCUT2D eigenvalue weighted by molar-refractivity contribution is 5.88. The maximum Gasteiger partial charge on any atom is 0.170 e. The van der Waals surface area contributed by atoms with Gasteiger partial charge in [-0.2, -0.15) is 15.4 Å². The molecule has 2 aromatic carbocycles. The van der Waals surface area contributed by atoms with E-state index in [1.165, 1.54) is 0 Å². The number of aromatic amines is 1. The summed E-state index contributed by atoms with van der Waals surface area (Å²) in [6.07, 6.45) is 3.14. The van der Waals surface area contributed by atoms with E-state index in [1.54, 1.807) is 36.5 Å². The number of nitrogens with zero attached hydrogens (tertiary/aromatic N) is 2. The number of phenolic OH excluding ortho intramolecular Hbond substituents is 2. The predicted octanol–water partition coefficient (Wildman–Crippen LogP) is 2.89. The lowest BCUT2D eigenvalue weighted by molar-refractivity contribution is 0.255. The number of hydrogen-bond acceptors (Lipinski definition) is 5. The molecule has 6 heteroatoms. The molecule has 0 amide bonds. The first-order valence-electron chi connectivity index (χ1n) is 7.07. The van der Waals surface area contributed by atoms with Crippen LogP contribution < -0.4 is 4.74 Å². The van der Waals surface area contributed by atoms with Crippen LogP contribution in [0.1, 0.15) is 22.9 Å². The average molecular weight is 307 g/mol. The summed E-state index contributed by atoms with van der Waals surface area (Å²) in [5, 5.41) is 29.7. The van der Waals surface area contributed by atoms with Gasteiger partial charge in [0.05, 0.1) is 6.20 Å². The van der Waals surface area contributed by atoms with Crippen LogP contribution in [0.25, 0.3) is 11.6 Å². The fourth-order valence-electron chi connectivity index (χ4n) is 2.62. The predicted molar refractivity (Wildman–Crippen MR) is 83.8 cm³/mol. The normalized spacial score (nSPS) is 16.3. The quantitative estimate of drug-likeness (QED) is 0.677. The number of benzene rings is 2. The van der Waals surface area contributed by atoms with E-state index in [0.717, 1.165) is 16.7 Å². The summed E-state index contributed by atoms with van der Waals surface area (Å²) in [4.78, 5) is 0. The lowest BCUT2D eigenvalue weighted by atomic mass is 9.93. The Kier molecular flexibility index (Phi) is 3.01. The van der Waals surface area contributed by atoms with Crippen molar-refractivity contribution in [2.45, 2.75) is 6.10 Å². The maximum atomic E-state index is 9.66. The number of H-pyrrole nitrogens is 1. The first-order chi connectivity index (χ1) is 11.2. The average Bonchev–Trinajstić information content (AvgIpc) is 3.09. The van der Waals surface area contributed by atoms with E-state index in [-0.39, 0.29) is 11.5 Å². The number of nitrogens with one attached hydrogen (secondary N) is 1. The molecule has 0 spiro atoms. The van der Waals surface area contributed by atoms with Gasteiger partial charge in [-0.25, -0.2) is 0 Å². The van der Waals surface area contributed by atoms with Gasteiger partial charge >= 0.3 is 0 Å². The van der Waals surface area contributed by atoms with Gasteiger partial charge in [-0.15, -0.1) is 0 Å². The molecular formula is C17H13N3O3. The number of ether oxygens (including phenoxy) is 1. The minimum absolute atomic E-state index is 0.143. The molecule has 1 aromatic heterocycles. The fraction of sp³-hybridized carbons (Fsp3) is 0.0588. The second-order valence-corrected chi connectivity index (χ2v) is 5.26. The molecule has 2 heterocycles. The molecule has 4 rings (SSSR count). The fourth-order valence-corrected chi connectivity index (χ4v) is 2.62. The van der Waals surface area contributed by atoms with Crippen molar-refractivity contribution in [3.05, 3.63) is 65.5 Å². The third kappa shape index (κ3) is 2.40. The maximum absolute atomic E-state index is 9.66. The highest BCUT2D eigenvalue weighted by Gasteiger charge is 2.27. The highest BCUT2D eigenvalue weighted by Crippen LogP contribution is 2.42. The lowest BCUT2D eigenvalue weighted by Gasteiger charge is -2.26. The van der Waals surface area contributed by atoms with Crippen LogP contribution in [-0.4, -0.2) is 25.6 Å². The number of fused-ring (bicyclic) bond motifs is 1. The molecule has 1 unspecified atom stereocenters. The number of rotatable bonds is 2. The molecule has 6 nitrogen and oxygen atoms in total. The van der Waals surface area contributed by atoms with Gasteiger partial charge in [0.1, 0.15) is 22.9 Å². The third-order valence-electron chi connectivity index (χ3n) is 3.74. The Hall–Kier alpha value is -3.28. The van der Waals surface area contributed by atoms with Crippen LogP contribution in [0.2, 0.25) is 0 Å². The molecule has 0 fully saturated rings. The molecule has 0 aliphatic carbocycles. The summed E-state index contributed by atoms with van der Waals surface area (Å²) in [6, 6.07) is 11.9. The van der Waals surface area contributed by atoms with E-state index in [1.807, 2.05) is 18.2 Å². The van der Waals surface area contributed by atoms with Crippen molar-refractivity contribution in [1.29, 1.82) is 0 Å². The topological polar surface area (TPSA) is 91.3 Å². The Bertz CT molecular complexity index is 871. The van der Waals surface area contributed by atoms with Crippen molar-refractivity contribution in [3.63, 3.8) is 0 Å². The van der Waals surface area contributed by atoms with Gasteiger partial charge in [0.15, 0.2) is 6.10 Å². The lowest BCUT2D eigenvalue weighted by Crippen LogP contribution is -2.14. The van der Waals surface area contributed by atoms with Crippen LogP contribution in [0.3, 0.4) is 0 Å². The van der Waals surface area contributed by atoms with Gasteiger partial charge in [-0.3, -0.25) is 0 Å². The SMILES string of the molecule is Oc1ccc(C2=Cc3ccc(O)cc3OC2c2cn[nH]n2)cc1. The number of aromatic nitrogens is 3. The third-order valence-corrected chi connectivity index (χ3v) is 3.74. The first kappa shape index (κ1) is 13.4. The Morgan fingerprint density at radius 3 is 2.52 bits per heavy atom.